The lowest BCUT2D eigenvalue weighted by Gasteiger charge is -2.19. The zero-order valence-corrected chi connectivity index (χ0v) is 16.1. The topological polar surface area (TPSA) is 49.3 Å². The predicted molar refractivity (Wildman–Crippen MR) is 99.4 cm³/mol. The highest BCUT2D eigenvalue weighted by Crippen LogP contribution is 2.30. The highest BCUT2D eigenvalue weighted by atomic mass is 32.1. The molecule has 2 rings (SSSR count). The third-order valence-electron chi connectivity index (χ3n) is 3.86. The van der Waals surface area contributed by atoms with Gasteiger partial charge in [0.25, 0.3) is 0 Å². The number of rotatable bonds is 5. The minimum atomic E-state index is -4.35. The first-order valence-electron chi connectivity index (χ1n) is 8.35. The zero-order chi connectivity index (χ0) is 19.3. The maximum atomic E-state index is 12.9. The van der Waals surface area contributed by atoms with E-state index in [1.165, 1.54) is 6.07 Å². The Hall–Kier alpha value is -2.09. The van der Waals surface area contributed by atoms with E-state index in [9.17, 15) is 13.2 Å². The number of nitrogens with one attached hydrogen (secondary N) is 2. The fourth-order valence-electron chi connectivity index (χ4n) is 2.35. The molecule has 0 bridgehead atoms. The van der Waals surface area contributed by atoms with Crippen LogP contribution >= 0.6 is 11.3 Å². The van der Waals surface area contributed by atoms with Crippen LogP contribution in [0.5, 0.6) is 0 Å². The zero-order valence-electron chi connectivity index (χ0n) is 15.2. The van der Waals surface area contributed by atoms with Gasteiger partial charge in [0.05, 0.1) is 23.8 Å². The Balaban J connectivity index is 2.12. The van der Waals surface area contributed by atoms with Crippen molar-refractivity contribution in [1.82, 2.24) is 15.6 Å². The number of aliphatic imine (C=N–C) groups is 1. The van der Waals surface area contributed by atoms with Crippen molar-refractivity contribution < 1.29 is 13.2 Å². The molecule has 0 saturated carbocycles. The van der Waals surface area contributed by atoms with E-state index < -0.39 is 11.7 Å². The fraction of sp³-hybridized carbons (Fsp3) is 0.444. The van der Waals surface area contributed by atoms with Gasteiger partial charge in [-0.15, -0.1) is 11.3 Å². The molecule has 0 radical (unpaired) electrons. The maximum Gasteiger partial charge on any atom is 0.416 e. The normalized spacial score (nSPS) is 13.6. The highest BCUT2D eigenvalue weighted by Gasteiger charge is 2.30. The van der Waals surface area contributed by atoms with E-state index in [-0.39, 0.29) is 6.04 Å². The fourth-order valence-corrected chi connectivity index (χ4v) is 3.20. The van der Waals surface area contributed by atoms with Crippen LogP contribution < -0.4 is 10.6 Å². The Morgan fingerprint density at radius 2 is 2.04 bits per heavy atom. The van der Waals surface area contributed by atoms with Gasteiger partial charge < -0.3 is 10.6 Å². The van der Waals surface area contributed by atoms with Crippen molar-refractivity contribution in [3.63, 3.8) is 0 Å². The van der Waals surface area contributed by atoms with E-state index in [1.54, 1.807) is 24.3 Å². The van der Waals surface area contributed by atoms with E-state index in [2.05, 4.69) is 20.6 Å². The summed E-state index contributed by atoms with van der Waals surface area (Å²) in [6.45, 7) is 8.78. The molecule has 0 spiro atoms. The van der Waals surface area contributed by atoms with Crippen LogP contribution in [-0.2, 0) is 12.7 Å². The number of guanidine groups is 1. The molecule has 26 heavy (non-hydrogen) atoms. The number of hydrogen-bond donors (Lipinski definition) is 2. The number of thiazole rings is 1. The van der Waals surface area contributed by atoms with Crippen molar-refractivity contribution in [2.24, 2.45) is 4.99 Å². The second-order valence-corrected chi connectivity index (χ2v) is 7.22. The first kappa shape index (κ1) is 20.2. The molecule has 0 amide bonds. The van der Waals surface area contributed by atoms with E-state index >= 15 is 0 Å². The quantitative estimate of drug-likeness (QED) is 0.585. The number of alkyl halides is 3. The number of halogens is 3. The maximum absolute atomic E-state index is 12.9. The number of nitrogens with zero attached hydrogens (tertiary/aromatic N) is 2. The molecule has 0 aliphatic rings. The predicted octanol–water partition coefficient (Wildman–Crippen LogP) is 4.60. The van der Waals surface area contributed by atoms with E-state index in [1.807, 2.05) is 20.8 Å². The molecule has 142 valence electrons. The van der Waals surface area contributed by atoms with Crippen LogP contribution in [0.15, 0.2) is 29.3 Å². The van der Waals surface area contributed by atoms with Crippen molar-refractivity contribution in [2.75, 3.05) is 6.54 Å². The van der Waals surface area contributed by atoms with Crippen LogP contribution in [0.25, 0.3) is 0 Å². The summed E-state index contributed by atoms with van der Waals surface area (Å²) in [5.74, 6) is 0.544. The molecular weight excluding hydrogens is 361 g/mol. The summed E-state index contributed by atoms with van der Waals surface area (Å²) < 4.78 is 38.7. The summed E-state index contributed by atoms with van der Waals surface area (Å²) in [4.78, 5) is 10.1. The number of hydrogen-bond acceptors (Lipinski definition) is 3. The molecule has 1 unspecified atom stereocenters. The average molecular weight is 384 g/mol. The van der Waals surface area contributed by atoms with Gasteiger partial charge in [0.15, 0.2) is 5.96 Å². The summed E-state index contributed by atoms with van der Waals surface area (Å²) in [6, 6.07) is 5.00. The molecule has 0 aliphatic carbocycles. The largest absolute Gasteiger partial charge is 0.416 e. The van der Waals surface area contributed by atoms with Crippen LogP contribution in [0, 0.1) is 13.8 Å². The highest BCUT2D eigenvalue weighted by molar-refractivity contribution is 7.11. The monoisotopic (exact) mass is 384 g/mol. The second-order valence-electron chi connectivity index (χ2n) is 5.93. The van der Waals surface area contributed by atoms with Gasteiger partial charge in [0.1, 0.15) is 5.01 Å². The van der Waals surface area contributed by atoms with Gasteiger partial charge in [-0.05, 0) is 45.4 Å². The molecule has 2 aromatic rings. The summed E-state index contributed by atoms with van der Waals surface area (Å²) in [5, 5.41) is 7.17. The van der Waals surface area contributed by atoms with E-state index in [0.717, 1.165) is 27.7 Å². The molecule has 1 aromatic heterocycles. The Labute approximate surface area is 155 Å². The van der Waals surface area contributed by atoms with Gasteiger partial charge >= 0.3 is 6.18 Å². The van der Waals surface area contributed by atoms with Gasteiger partial charge in [-0.1, -0.05) is 12.1 Å². The molecule has 2 N–H and O–H groups in total. The lowest BCUT2D eigenvalue weighted by Crippen LogP contribution is -2.38. The van der Waals surface area contributed by atoms with Crippen LogP contribution in [0.2, 0.25) is 0 Å². The average Bonchev–Trinajstić information content (AvgIpc) is 2.90. The van der Waals surface area contributed by atoms with Gasteiger partial charge in [0.2, 0.25) is 0 Å². The minimum absolute atomic E-state index is 0.324. The van der Waals surface area contributed by atoms with Gasteiger partial charge in [-0.25, -0.2) is 9.98 Å². The molecule has 1 atom stereocenters. The Morgan fingerprint density at radius 1 is 1.31 bits per heavy atom. The summed E-state index contributed by atoms with van der Waals surface area (Å²) >= 11 is 1.60. The van der Waals surface area contributed by atoms with Gasteiger partial charge in [0, 0.05) is 11.4 Å². The second kappa shape index (κ2) is 8.53. The van der Waals surface area contributed by atoms with E-state index in [4.69, 9.17) is 0 Å². The third kappa shape index (κ3) is 5.45. The lowest BCUT2D eigenvalue weighted by molar-refractivity contribution is -0.137. The van der Waals surface area contributed by atoms with E-state index in [0.29, 0.717) is 24.6 Å². The number of aromatic nitrogens is 1. The van der Waals surface area contributed by atoms with Crippen LogP contribution in [0.1, 0.15) is 46.6 Å². The SMILES string of the molecule is CCNC(=NCc1nc(C)c(C)s1)NC(C)c1cccc(C(F)(F)F)c1. The molecule has 1 aromatic carbocycles. The lowest BCUT2D eigenvalue weighted by atomic mass is 10.1. The first-order valence-corrected chi connectivity index (χ1v) is 9.17. The minimum Gasteiger partial charge on any atom is -0.357 e. The van der Waals surface area contributed by atoms with Crippen molar-refractivity contribution in [2.45, 2.75) is 46.5 Å². The first-order chi connectivity index (χ1) is 12.2. The van der Waals surface area contributed by atoms with Crippen LogP contribution in [0.4, 0.5) is 13.2 Å². The molecule has 1 heterocycles. The summed E-state index contributed by atoms with van der Waals surface area (Å²) in [5.41, 5.74) is 0.890. The van der Waals surface area contributed by atoms with Crippen molar-refractivity contribution in [3.8, 4) is 0 Å². The van der Waals surface area contributed by atoms with Crippen molar-refractivity contribution in [3.05, 3.63) is 51.0 Å². The third-order valence-corrected chi connectivity index (χ3v) is 4.91. The molecule has 4 nitrogen and oxygen atoms in total. The van der Waals surface area contributed by atoms with Gasteiger partial charge in [-0.2, -0.15) is 13.2 Å². The van der Waals surface area contributed by atoms with Crippen molar-refractivity contribution in [1.29, 1.82) is 0 Å². The number of aryl methyl sites for hydroxylation is 2. The molecular formula is C18H23F3N4S. The molecule has 0 aliphatic heterocycles. The smallest absolute Gasteiger partial charge is 0.357 e. The summed E-state index contributed by atoms with van der Waals surface area (Å²) in [7, 11) is 0. The Morgan fingerprint density at radius 3 is 2.62 bits per heavy atom. The number of benzene rings is 1. The Bertz CT molecular complexity index is 749. The van der Waals surface area contributed by atoms with Crippen molar-refractivity contribution >= 4 is 17.3 Å². The molecule has 8 heteroatoms. The standard InChI is InChI=1S/C18H23F3N4S/c1-5-22-17(23-10-16-24-11(2)13(4)26-16)25-12(3)14-7-6-8-15(9-14)18(19,20)21/h6-9,12H,5,10H2,1-4H3,(H2,22,23,25). The Kier molecular flexibility index (Phi) is 6.63. The summed E-state index contributed by atoms with van der Waals surface area (Å²) in [6.07, 6.45) is -4.35. The molecule has 0 fully saturated rings. The molecule has 0 saturated heterocycles. The van der Waals surface area contributed by atoms with Crippen LogP contribution in [-0.4, -0.2) is 17.5 Å². The van der Waals surface area contributed by atoms with Gasteiger partial charge in [-0.3, -0.25) is 0 Å². The van der Waals surface area contributed by atoms with Crippen LogP contribution in [0.3, 0.4) is 0 Å².